The Morgan fingerprint density at radius 2 is 2.20 bits per heavy atom. The lowest BCUT2D eigenvalue weighted by Gasteiger charge is -2.07. The molecule has 82 valence electrons. The van der Waals surface area contributed by atoms with Gasteiger partial charge in [0.05, 0.1) is 0 Å². The van der Waals surface area contributed by atoms with Crippen LogP contribution in [0, 0.1) is 0 Å². The number of hydrogen-bond acceptors (Lipinski definition) is 2. The van der Waals surface area contributed by atoms with Crippen molar-refractivity contribution in [1.82, 2.24) is 10.3 Å². The van der Waals surface area contributed by atoms with Crippen molar-refractivity contribution in [1.29, 1.82) is 0 Å². The van der Waals surface area contributed by atoms with E-state index >= 15 is 0 Å². The second-order valence-electron chi connectivity index (χ2n) is 2.66. The largest absolute Gasteiger partial charge is 0.405 e. The molecule has 0 fully saturated rings. The Balaban J connectivity index is 2.62. The molecule has 1 rings (SSSR count). The average molecular weight is 283 g/mol. The van der Waals surface area contributed by atoms with Gasteiger partial charge in [-0.1, -0.05) is 15.9 Å². The van der Waals surface area contributed by atoms with Gasteiger partial charge in [-0.05, 0) is 12.1 Å². The third kappa shape index (κ3) is 4.28. The minimum absolute atomic E-state index is 0.0615. The standard InChI is InChI=1S/C8H6BrF3N2O/c9-5-1-2-13-6(3-5)7(15)14-4-8(10,11)12/h1-3H,4H2,(H,14,15). The number of nitrogens with zero attached hydrogens (tertiary/aromatic N) is 1. The maximum absolute atomic E-state index is 11.8. The number of carbonyl (C=O) groups excluding carboxylic acids is 1. The molecular formula is C8H6BrF3N2O. The molecule has 0 aromatic carbocycles. The molecule has 3 nitrogen and oxygen atoms in total. The number of pyridine rings is 1. The molecule has 7 heteroatoms. The fraction of sp³-hybridized carbons (Fsp3) is 0.250. The molecule has 0 radical (unpaired) electrons. The van der Waals surface area contributed by atoms with Crippen LogP contribution in [0.5, 0.6) is 0 Å². The fourth-order valence-electron chi connectivity index (χ4n) is 0.800. The van der Waals surface area contributed by atoms with Crippen LogP contribution < -0.4 is 5.32 Å². The van der Waals surface area contributed by atoms with Crippen LogP contribution in [0.25, 0.3) is 0 Å². The van der Waals surface area contributed by atoms with Crippen LogP contribution in [0.3, 0.4) is 0 Å². The summed E-state index contributed by atoms with van der Waals surface area (Å²) in [4.78, 5) is 14.8. The molecule has 0 aliphatic rings. The smallest absolute Gasteiger partial charge is 0.342 e. The van der Waals surface area contributed by atoms with Gasteiger partial charge in [0.1, 0.15) is 12.2 Å². The highest BCUT2D eigenvalue weighted by molar-refractivity contribution is 9.10. The van der Waals surface area contributed by atoms with E-state index < -0.39 is 18.6 Å². The summed E-state index contributed by atoms with van der Waals surface area (Å²) in [5, 5.41) is 1.72. The summed E-state index contributed by atoms with van der Waals surface area (Å²) in [7, 11) is 0. The molecule has 0 saturated heterocycles. The lowest BCUT2D eigenvalue weighted by molar-refractivity contribution is -0.123. The minimum atomic E-state index is -4.42. The number of amides is 1. The van der Waals surface area contributed by atoms with Crippen molar-refractivity contribution >= 4 is 21.8 Å². The van der Waals surface area contributed by atoms with Crippen LogP contribution >= 0.6 is 15.9 Å². The van der Waals surface area contributed by atoms with Crippen molar-refractivity contribution in [3.05, 3.63) is 28.5 Å². The summed E-state index contributed by atoms with van der Waals surface area (Å²) in [6.07, 6.45) is -3.09. The van der Waals surface area contributed by atoms with Crippen molar-refractivity contribution in [3.63, 3.8) is 0 Å². The van der Waals surface area contributed by atoms with Gasteiger partial charge in [0.15, 0.2) is 0 Å². The second-order valence-corrected chi connectivity index (χ2v) is 3.57. The van der Waals surface area contributed by atoms with E-state index in [0.29, 0.717) is 4.47 Å². The molecule has 0 saturated carbocycles. The van der Waals surface area contributed by atoms with E-state index in [-0.39, 0.29) is 5.69 Å². The van der Waals surface area contributed by atoms with Crippen molar-refractivity contribution < 1.29 is 18.0 Å². The molecule has 0 aliphatic carbocycles. The number of rotatable bonds is 2. The molecule has 0 atom stereocenters. The Morgan fingerprint density at radius 1 is 1.53 bits per heavy atom. The third-order valence-electron chi connectivity index (χ3n) is 1.40. The summed E-state index contributed by atoms with van der Waals surface area (Å²) in [6, 6.07) is 2.91. The number of nitrogens with one attached hydrogen (secondary N) is 1. The summed E-state index contributed by atoms with van der Waals surface area (Å²) in [6.45, 7) is -1.36. The van der Waals surface area contributed by atoms with E-state index in [2.05, 4.69) is 20.9 Å². The van der Waals surface area contributed by atoms with Crippen molar-refractivity contribution in [3.8, 4) is 0 Å². The maximum Gasteiger partial charge on any atom is 0.405 e. The quantitative estimate of drug-likeness (QED) is 0.903. The zero-order valence-corrected chi connectivity index (χ0v) is 8.89. The highest BCUT2D eigenvalue weighted by Crippen LogP contribution is 2.13. The van der Waals surface area contributed by atoms with E-state index in [1.54, 1.807) is 11.4 Å². The van der Waals surface area contributed by atoms with Gasteiger partial charge in [-0.2, -0.15) is 13.2 Å². The SMILES string of the molecule is O=C(NCC(F)(F)F)c1cc(Br)ccn1. The van der Waals surface area contributed by atoms with Gasteiger partial charge in [0, 0.05) is 10.7 Å². The number of hydrogen-bond donors (Lipinski definition) is 1. The monoisotopic (exact) mass is 282 g/mol. The fourth-order valence-corrected chi connectivity index (χ4v) is 1.14. The summed E-state index contributed by atoms with van der Waals surface area (Å²) >= 11 is 3.08. The van der Waals surface area contributed by atoms with Gasteiger partial charge >= 0.3 is 6.18 Å². The van der Waals surface area contributed by atoms with Crippen molar-refractivity contribution in [2.75, 3.05) is 6.54 Å². The van der Waals surface area contributed by atoms with E-state index in [4.69, 9.17) is 0 Å². The zero-order chi connectivity index (χ0) is 11.5. The summed E-state index contributed by atoms with van der Waals surface area (Å²) in [5.74, 6) is -0.853. The molecule has 0 bridgehead atoms. The van der Waals surface area contributed by atoms with Gasteiger partial charge in [0.2, 0.25) is 0 Å². The molecule has 0 aliphatic heterocycles. The first-order chi connectivity index (χ1) is 6.88. The van der Waals surface area contributed by atoms with Crippen LogP contribution in [0.4, 0.5) is 13.2 Å². The first kappa shape index (κ1) is 12.0. The number of aromatic nitrogens is 1. The Labute approximate surface area is 91.8 Å². The molecule has 0 spiro atoms. The molecule has 1 aromatic rings. The predicted molar refractivity (Wildman–Crippen MR) is 50.3 cm³/mol. The first-order valence-electron chi connectivity index (χ1n) is 3.85. The maximum atomic E-state index is 11.8. The van der Waals surface area contributed by atoms with E-state index in [9.17, 15) is 18.0 Å². The topological polar surface area (TPSA) is 42.0 Å². The molecule has 1 heterocycles. The van der Waals surface area contributed by atoms with Gasteiger partial charge in [0.25, 0.3) is 5.91 Å². The van der Waals surface area contributed by atoms with Crippen LogP contribution in [0.2, 0.25) is 0 Å². The highest BCUT2D eigenvalue weighted by Gasteiger charge is 2.28. The van der Waals surface area contributed by atoms with Gasteiger partial charge < -0.3 is 5.32 Å². The van der Waals surface area contributed by atoms with E-state index in [1.165, 1.54) is 12.3 Å². The van der Waals surface area contributed by atoms with Crippen LogP contribution in [0.15, 0.2) is 22.8 Å². The summed E-state index contributed by atoms with van der Waals surface area (Å²) in [5.41, 5.74) is -0.0615. The molecule has 15 heavy (non-hydrogen) atoms. The highest BCUT2D eigenvalue weighted by atomic mass is 79.9. The Bertz CT molecular complexity index is 367. The van der Waals surface area contributed by atoms with Crippen molar-refractivity contribution in [2.45, 2.75) is 6.18 Å². The normalized spacial score (nSPS) is 11.2. The lowest BCUT2D eigenvalue weighted by Crippen LogP contribution is -2.34. The Hall–Kier alpha value is -1.11. The number of halogens is 4. The number of alkyl halides is 3. The van der Waals surface area contributed by atoms with Crippen LogP contribution in [0.1, 0.15) is 10.5 Å². The van der Waals surface area contributed by atoms with E-state index in [1.807, 2.05) is 0 Å². The van der Waals surface area contributed by atoms with E-state index in [0.717, 1.165) is 0 Å². The lowest BCUT2D eigenvalue weighted by atomic mass is 10.3. The minimum Gasteiger partial charge on any atom is -0.342 e. The molecular weight excluding hydrogens is 277 g/mol. The van der Waals surface area contributed by atoms with Crippen LogP contribution in [-0.2, 0) is 0 Å². The third-order valence-corrected chi connectivity index (χ3v) is 1.90. The van der Waals surface area contributed by atoms with Gasteiger partial charge in [-0.15, -0.1) is 0 Å². The zero-order valence-electron chi connectivity index (χ0n) is 7.31. The van der Waals surface area contributed by atoms with Gasteiger partial charge in [-0.25, -0.2) is 0 Å². The Morgan fingerprint density at radius 3 is 2.73 bits per heavy atom. The molecule has 0 unspecified atom stereocenters. The van der Waals surface area contributed by atoms with Gasteiger partial charge in [-0.3, -0.25) is 9.78 Å². The predicted octanol–water partition coefficient (Wildman–Crippen LogP) is 2.14. The van der Waals surface area contributed by atoms with Crippen LogP contribution in [-0.4, -0.2) is 23.6 Å². The molecule has 1 N–H and O–H groups in total. The Kier molecular flexibility index (Phi) is 3.67. The molecule has 1 amide bonds. The second kappa shape index (κ2) is 4.61. The molecule has 1 aromatic heterocycles. The van der Waals surface area contributed by atoms with Crippen molar-refractivity contribution in [2.24, 2.45) is 0 Å². The average Bonchev–Trinajstić information content (AvgIpc) is 2.13. The first-order valence-corrected chi connectivity index (χ1v) is 4.64. The summed E-state index contributed by atoms with van der Waals surface area (Å²) < 4.78 is 35.9. The number of carbonyl (C=O) groups is 1.